The van der Waals surface area contributed by atoms with Gasteiger partial charge in [-0.05, 0) is 6.92 Å². The van der Waals surface area contributed by atoms with Gasteiger partial charge in [-0.3, -0.25) is 14.9 Å². The summed E-state index contributed by atoms with van der Waals surface area (Å²) < 4.78 is 4.76. The summed E-state index contributed by atoms with van der Waals surface area (Å²) in [6.45, 7) is 2.25. The maximum atomic E-state index is 11.4. The number of carbonyl (C=O) groups is 3. The SMILES string of the molecule is COCCNC(=O)C(C)NC(=O)NC(=O)CCCl. The summed E-state index contributed by atoms with van der Waals surface area (Å²) in [6, 6.07) is -1.47. The van der Waals surface area contributed by atoms with Crippen LogP contribution in [0, 0.1) is 0 Å². The minimum atomic E-state index is -0.745. The molecule has 104 valence electrons. The molecule has 0 fully saturated rings. The summed E-state index contributed by atoms with van der Waals surface area (Å²) in [5, 5.41) is 6.94. The zero-order valence-corrected chi connectivity index (χ0v) is 11.2. The smallest absolute Gasteiger partial charge is 0.322 e. The first kappa shape index (κ1) is 16.7. The Bertz CT molecular complexity index is 299. The van der Waals surface area contributed by atoms with Gasteiger partial charge in [-0.1, -0.05) is 0 Å². The van der Waals surface area contributed by atoms with Crippen LogP contribution in [0.5, 0.6) is 0 Å². The number of hydrogen-bond donors (Lipinski definition) is 3. The normalized spacial score (nSPS) is 11.5. The number of ether oxygens (including phenoxy) is 1. The second-order valence-electron chi connectivity index (χ2n) is 3.47. The fourth-order valence-corrected chi connectivity index (χ4v) is 1.17. The van der Waals surface area contributed by atoms with Crippen molar-refractivity contribution in [1.29, 1.82) is 0 Å². The Morgan fingerprint density at radius 1 is 1.33 bits per heavy atom. The van der Waals surface area contributed by atoms with Crippen molar-refractivity contribution >= 4 is 29.4 Å². The first-order valence-corrected chi connectivity index (χ1v) is 5.97. The van der Waals surface area contributed by atoms with Crippen LogP contribution in [-0.2, 0) is 14.3 Å². The van der Waals surface area contributed by atoms with Crippen molar-refractivity contribution in [3.8, 4) is 0 Å². The zero-order chi connectivity index (χ0) is 14.0. The Balaban J connectivity index is 3.91. The van der Waals surface area contributed by atoms with E-state index in [1.165, 1.54) is 14.0 Å². The van der Waals surface area contributed by atoms with Crippen molar-refractivity contribution in [2.45, 2.75) is 19.4 Å². The molecular formula is C10H18ClN3O4. The van der Waals surface area contributed by atoms with Crippen LogP contribution >= 0.6 is 11.6 Å². The van der Waals surface area contributed by atoms with E-state index in [1.54, 1.807) is 0 Å². The van der Waals surface area contributed by atoms with Gasteiger partial charge in [0.1, 0.15) is 6.04 Å². The van der Waals surface area contributed by atoms with E-state index in [2.05, 4.69) is 16.0 Å². The number of imide groups is 1. The average molecular weight is 280 g/mol. The molecule has 0 saturated heterocycles. The van der Waals surface area contributed by atoms with E-state index in [4.69, 9.17) is 16.3 Å². The second kappa shape index (κ2) is 9.67. The van der Waals surface area contributed by atoms with Gasteiger partial charge in [-0.15, -0.1) is 11.6 Å². The average Bonchev–Trinajstić information content (AvgIpc) is 2.28. The molecule has 8 heteroatoms. The molecule has 0 aromatic heterocycles. The van der Waals surface area contributed by atoms with Gasteiger partial charge in [-0.2, -0.15) is 0 Å². The summed E-state index contributed by atoms with van der Waals surface area (Å²) in [6.07, 6.45) is 0.0450. The first-order valence-electron chi connectivity index (χ1n) is 5.44. The third kappa shape index (κ3) is 7.86. The Kier molecular flexibility index (Phi) is 8.95. The lowest BCUT2D eigenvalue weighted by atomic mass is 10.3. The molecule has 0 rings (SSSR count). The van der Waals surface area contributed by atoms with Gasteiger partial charge in [0.05, 0.1) is 6.61 Å². The number of alkyl halides is 1. The molecule has 0 spiro atoms. The van der Waals surface area contributed by atoms with E-state index in [1.807, 2.05) is 0 Å². The highest BCUT2D eigenvalue weighted by molar-refractivity contribution is 6.19. The molecule has 1 unspecified atom stereocenters. The topological polar surface area (TPSA) is 96.5 Å². The molecule has 0 aromatic carbocycles. The third-order valence-electron chi connectivity index (χ3n) is 1.92. The Labute approximate surface area is 111 Å². The van der Waals surface area contributed by atoms with Gasteiger partial charge >= 0.3 is 6.03 Å². The molecule has 0 bridgehead atoms. The molecular weight excluding hydrogens is 262 g/mol. The summed E-state index contributed by atoms with van der Waals surface area (Å²) in [5.41, 5.74) is 0. The number of methoxy groups -OCH3 is 1. The van der Waals surface area contributed by atoms with Gasteiger partial charge in [0, 0.05) is 26.0 Å². The highest BCUT2D eigenvalue weighted by Gasteiger charge is 2.16. The van der Waals surface area contributed by atoms with Crippen molar-refractivity contribution in [1.82, 2.24) is 16.0 Å². The van der Waals surface area contributed by atoms with Crippen LogP contribution in [0.15, 0.2) is 0 Å². The van der Waals surface area contributed by atoms with Crippen LogP contribution < -0.4 is 16.0 Å². The molecule has 0 aliphatic rings. The van der Waals surface area contributed by atoms with Gasteiger partial charge in [0.25, 0.3) is 0 Å². The maximum absolute atomic E-state index is 11.4. The quantitative estimate of drug-likeness (QED) is 0.436. The molecule has 7 nitrogen and oxygen atoms in total. The van der Waals surface area contributed by atoms with Crippen LogP contribution in [0.25, 0.3) is 0 Å². The Morgan fingerprint density at radius 3 is 2.56 bits per heavy atom. The van der Waals surface area contributed by atoms with Crippen molar-refractivity contribution in [3.05, 3.63) is 0 Å². The van der Waals surface area contributed by atoms with Crippen molar-refractivity contribution in [2.24, 2.45) is 0 Å². The van der Waals surface area contributed by atoms with Gasteiger partial charge in [-0.25, -0.2) is 4.79 Å². The molecule has 0 radical (unpaired) electrons. The number of hydrogen-bond acceptors (Lipinski definition) is 4. The molecule has 1 atom stereocenters. The number of rotatable bonds is 7. The number of carbonyl (C=O) groups excluding carboxylic acids is 3. The lowest BCUT2D eigenvalue weighted by molar-refractivity contribution is -0.123. The fraction of sp³-hybridized carbons (Fsp3) is 0.700. The fourth-order valence-electron chi connectivity index (χ4n) is 1.00. The molecule has 3 N–H and O–H groups in total. The van der Waals surface area contributed by atoms with Crippen molar-refractivity contribution < 1.29 is 19.1 Å². The van der Waals surface area contributed by atoms with Gasteiger partial charge in [0.2, 0.25) is 11.8 Å². The second-order valence-corrected chi connectivity index (χ2v) is 3.84. The maximum Gasteiger partial charge on any atom is 0.322 e. The number of amides is 4. The molecule has 0 aromatic rings. The minimum Gasteiger partial charge on any atom is -0.383 e. The standard InChI is InChI=1S/C10H18ClN3O4/c1-7(9(16)12-5-6-18-2)13-10(17)14-8(15)3-4-11/h7H,3-6H2,1-2H3,(H,12,16)(H2,13,14,15,17). The third-order valence-corrected chi connectivity index (χ3v) is 2.11. The zero-order valence-electron chi connectivity index (χ0n) is 10.4. The van der Waals surface area contributed by atoms with Crippen LogP contribution in [0.2, 0.25) is 0 Å². The van der Waals surface area contributed by atoms with Crippen LogP contribution in [0.3, 0.4) is 0 Å². The predicted octanol–water partition coefficient (Wildman–Crippen LogP) is -0.408. The Hall–Kier alpha value is -1.34. The lowest BCUT2D eigenvalue weighted by Gasteiger charge is -2.14. The van der Waals surface area contributed by atoms with Crippen LogP contribution in [0.1, 0.15) is 13.3 Å². The van der Waals surface area contributed by atoms with E-state index in [0.29, 0.717) is 13.2 Å². The lowest BCUT2D eigenvalue weighted by Crippen LogP contribution is -2.50. The molecule has 0 aliphatic carbocycles. The van der Waals surface area contributed by atoms with E-state index >= 15 is 0 Å². The molecule has 0 aliphatic heterocycles. The van der Waals surface area contributed by atoms with Crippen LogP contribution in [-0.4, -0.2) is 50.0 Å². The number of urea groups is 1. The summed E-state index contributed by atoms with van der Waals surface area (Å²) in [7, 11) is 1.52. The van der Waals surface area contributed by atoms with E-state index in [0.717, 1.165) is 0 Å². The summed E-state index contributed by atoms with van der Waals surface area (Å²) in [5.74, 6) is -0.715. The van der Waals surface area contributed by atoms with Crippen LogP contribution in [0.4, 0.5) is 4.79 Å². The van der Waals surface area contributed by atoms with E-state index in [9.17, 15) is 14.4 Å². The first-order chi connectivity index (χ1) is 8.51. The molecule has 18 heavy (non-hydrogen) atoms. The largest absolute Gasteiger partial charge is 0.383 e. The number of nitrogens with one attached hydrogen (secondary N) is 3. The summed E-state index contributed by atoms with van der Waals surface area (Å²) >= 11 is 5.34. The van der Waals surface area contributed by atoms with E-state index < -0.39 is 18.0 Å². The minimum absolute atomic E-state index is 0.0450. The Morgan fingerprint density at radius 2 is 2.00 bits per heavy atom. The van der Waals surface area contributed by atoms with Gasteiger partial charge in [0.15, 0.2) is 0 Å². The van der Waals surface area contributed by atoms with Gasteiger partial charge < -0.3 is 15.4 Å². The van der Waals surface area contributed by atoms with Crippen molar-refractivity contribution in [3.63, 3.8) is 0 Å². The molecule has 0 heterocycles. The number of halogens is 1. The summed E-state index contributed by atoms with van der Waals surface area (Å²) in [4.78, 5) is 33.8. The van der Waals surface area contributed by atoms with E-state index in [-0.39, 0.29) is 18.2 Å². The highest BCUT2D eigenvalue weighted by atomic mass is 35.5. The highest BCUT2D eigenvalue weighted by Crippen LogP contribution is 1.86. The monoisotopic (exact) mass is 279 g/mol. The molecule has 4 amide bonds. The molecule has 0 saturated carbocycles. The predicted molar refractivity (Wildman–Crippen MR) is 66.4 cm³/mol. The van der Waals surface area contributed by atoms with Crippen molar-refractivity contribution in [2.75, 3.05) is 26.1 Å².